The van der Waals surface area contributed by atoms with Gasteiger partial charge in [-0.25, -0.2) is 0 Å². The van der Waals surface area contributed by atoms with E-state index >= 15 is 0 Å². The Hall–Kier alpha value is -3.59. The van der Waals surface area contributed by atoms with Crippen LogP contribution in [0.3, 0.4) is 0 Å². The van der Waals surface area contributed by atoms with Crippen LogP contribution in [0.4, 0.5) is 0 Å². The second kappa shape index (κ2) is 50.3. The van der Waals surface area contributed by atoms with Crippen LogP contribution in [-0.4, -0.2) is 15.0 Å². The average molecular weight is 660 g/mol. The summed E-state index contributed by atoms with van der Waals surface area (Å²) in [5.41, 5.74) is 0. The predicted molar refractivity (Wildman–Crippen MR) is 221 cm³/mol. The van der Waals surface area contributed by atoms with E-state index in [2.05, 4.69) is 167 Å². The van der Waals surface area contributed by atoms with Crippen LogP contribution in [-0.2, 0) is 0 Å². The van der Waals surface area contributed by atoms with E-state index in [-0.39, 0.29) is 0 Å². The standard InChI is InChI=1S/3C5H5N.2C5H6.5C4H10/c3*1-2-4-6-5-3-1;2*1-2-4-5-3-1;5*1-4(2)3/h3*1-5H;2*1-4H,5H2;5*4H,1-3H3. The van der Waals surface area contributed by atoms with Crippen molar-refractivity contribution in [2.75, 3.05) is 0 Å². The van der Waals surface area contributed by atoms with Crippen molar-refractivity contribution in [3.8, 4) is 0 Å². The molecule has 3 aromatic rings. The first-order chi connectivity index (χ1) is 22.7. The minimum atomic E-state index is 0.833. The van der Waals surface area contributed by atoms with Crippen LogP contribution in [0.25, 0.3) is 0 Å². The topological polar surface area (TPSA) is 38.7 Å². The van der Waals surface area contributed by atoms with Gasteiger partial charge in [0.05, 0.1) is 0 Å². The smallest absolute Gasteiger partial charge is 0.0267 e. The molecule has 0 saturated carbocycles. The summed E-state index contributed by atoms with van der Waals surface area (Å²) in [6.45, 7) is 32.5. The van der Waals surface area contributed by atoms with E-state index < -0.39 is 0 Å². The van der Waals surface area contributed by atoms with Gasteiger partial charge in [-0.3, -0.25) is 15.0 Å². The molecule has 5 rings (SSSR count). The summed E-state index contributed by atoms with van der Waals surface area (Å²) in [6, 6.07) is 17.1. The summed E-state index contributed by atoms with van der Waals surface area (Å²) < 4.78 is 0. The van der Waals surface area contributed by atoms with Gasteiger partial charge in [-0.15, -0.1) is 0 Å². The summed E-state index contributed by atoms with van der Waals surface area (Å²) in [7, 11) is 0. The third-order valence-electron chi connectivity index (χ3n) is 3.01. The number of hydrogen-bond donors (Lipinski definition) is 0. The molecule has 0 aromatic carbocycles. The second-order valence-corrected chi connectivity index (χ2v) is 13.9. The molecule has 0 unspecified atom stereocenters. The first kappa shape index (κ1) is 53.9. The highest BCUT2D eigenvalue weighted by Crippen LogP contribution is 1.94. The second-order valence-electron chi connectivity index (χ2n) is 13.9. The normalized spacial score (nSPS) is 10.4. The number of nitrogens with zero attached hydrogens (tertiary/aromatic N) is 3. The molecule has 0 aliphatic heterocycles. The molecule has 0 saturated heterocycles. The lowest BCUT2D eigenvalue weighted by molar-refractivity contribution is 0.736. The molecule has 48 heavy (non-hydrogen) atoms. The Balaban J connectivity index is -0.000000144. The molecule has 3 nitrogen and oxygen atoms in total. The fourth-order valence-corrected chi connectivity index (χ4v) is 1.72. The van der Waals surface area contributed by atoms with Crippen molar-refractivity contribution in [1.82, 2.24) is 15.0 Å². The van der Waals surface area contributed by atoms with E-state index in [0.717, 1.165) is 42.4 Å². The maximum absolute atomic E-state index is 3.78. The predicted octanol–water partition coefficient (Wildman–Crippen LogP) is 14.6. The van der Waals surface area contributed by atoms with E-state index in [1.165, 1.54) is 0 Å². The molecule has 0 bridgehead atoms. The van der Waals surface area contributed by atoms with Crippen LogP contribution >= 0.6 is 0 Å². The molecular weight excluding hydrogens is 583 g/mol. The fourth-order valence-electron chi connectivity index (χ4n) is 1.72. The Kier molecular flexibility index (Phi) is 56.4. The molecule has 0 atom stereocenters. The molecular formula is C45H77N3. The lowest BCUT2D eigenvalue weighted by Gasteiger charge is -1.79. The zero-order valence-electron chi connectivity index (χ0n) is 33.9. The number of pyridine rings is 3. The quantitative estimate of drug-likeness (QED) is 0.241. The number of allylic oxidation sites excluding steroid dienone is 8. The van der Waals surface area contributed by atoms with Crippen LogP contribution in [0.2, 0.25) is 0 Å². The number of hydrogen-bond acceptors (Lipinski definition) is 3. The Morgan fingerprint density at radius 1 is 0.271 bits per heavy atom. The zero-order valence-corrected chi connectivity index (χ0v) is 33.9. The van der Waals surface area contributed by atoms with Crippen molar-refractivity contribution in [2.45, 2.75) is 117 Å². The van der Waals surface area contributed by atoms with Gasteiger partial charge in [-0.05, 0) is 78.8 Å². The Morgan fingerprint density at radius 2 is 0.417 bits per heavy atom. The lowest BCUT2D eigenvalue weighted by Crippen LogP contribution is -1.66. The van der Waals surface area contributed by atoms with Crippen molar-refractivity contribution < 1.29 is 0 Å². The van der Waals surface area contributed by atoms with E-state index in [1.54, 1.807) is 37.2 Å². The van der Waals surface area contributed by atoms with Gasteiger partial charge in [0.1, 0.15) is 0 Å². The SMILES string of the molecule is C1=CCC=C1.C1=CCC=C1.CC(C)C.CC(C)C.CC(C)C.CC(C)C.CC(C)C.c1ccncc1.c1ccncc1.c1ccncc1. The molecule has 0 fully saturated rings. The van der Waals surface area contributed by atoms with Crippen molar-refractivity contribution in [3.05, 3.63) is 140 Å². The molecule has 2 aliphatic carbocycles. The summed E-state index contributed by atoms with van der Waals surface area (Å²) >= 11 is 0. The summed E-state index contributed by atoms with van der Waals surface area (Å²) in [6.07, 6.45) is 29.5. The van der Waals surface area contributed by atoms with Crippen molar-refractivity contribution in [2.24, 2.45) is 29.6 Å². The Labute approximate surface area is 300 Å². The molecule has 2 aliphatic rings. The van der Waals surface area contributed by atoms with Gasteiger partial charge in [0.25, 0.3) is 0 Å². The van der Waals surface area contributed by atoms with Crippen molar-refractivity contribution in [3.63, 3.8) is 0 Å². The van der Waals surface area contributed by atoms with Gasteiger partial charge in [0.15, 0.2) is 0 Å². The van der Waals surface area contributed by atoms with Gasteiger partial charge in [-0.1, -0.05) is 171 Å². The molecule has 3 heteroatoms. The highest BCUT2D eigenvalue weighted by molar-refractivity contribution is 5.12. The third-order valence-corrected chi connectivity index (χ3v) is 3.01. The Bertz CT molecular complexity index is 743. The maximum Gasteiger partial charge on any atom is 0.0267 e. The van der Waals surface area contributed by atoms with Crippen LogP contribution in [0.1, 0.15) is 117 Å². The van der Waals surface area contributed by atoms with Crippen LogP contribution in [0.5, 0.6) is 0 Å². The summed E-state index contributed by atoms with van der Waals surface area (Å²) in [5, 5.41) is 0. The summed E-state index contributed by atoms with van der Waals surface area (Å²) in [5.74, 6) is 4.17. The number of aromatic nitrogens is 3. The van der Waals surface area contributed by atoms with Gasteiger partial charge in [0, 0.05) is 37.2 Å². The first-order valence-corrected chi connectivity index (χ1v) is 17.8. The minimum Gasteiger partial charge on any atom is -0.265 e. The van der Waals surface area contributed by atoms with E-state index in [0.29, 0.717) is 0 Å². The molecule has 0 spiro atoms. The number of rotatable bonds is 0. The maximum atomic E-state index is 3.78. The third kappa shape index (κ3) is 122. The van der Waals surface area contributed by atoms with E-state index in [4.69, 9.17) is 0 Å². The van der Waals surface area contributed by atoms with Gasteiger partial charge < -0.3 is 0 Å². The first-order valence-electron chi connectivity index (χ1n) is 17.8. The van der Waals surface area contributed by atoms with E-state index in [1.807, 2.05) is 54.6 Å². The van der Waals surface area contributed by atoms with Gasteiger partial charge in [-0.2, -0.15) is 0 Å². The minimum absolute atomic E-state index is 0.833. The fraction of sp³-hybridized carbons (Fsp3) is 0.489. The molecule has 0 N–H and O–H groups in total. The van der Waals surface area contributed by atoms with Gasteiger partial charge >= 0.3 is 0 Å². The highest BCUT2D eigenvalue weighted by Gasteiger charge is 1.73. The monoisotopic (exact) mass is 660 g/mol. The van der Waals surface area contributed by atoms with Crippen molar-refractivity contribution in [1.29, 1.82) is 0 Å². The zero-order chi connectivity index (χ0) is 37.7. The molecule has 272 valence electrons. The molecule has 3 heterocycles. The van der Waals surface area contributed by atoms with Crippen molar-refractivity contribution >= 4 is 0 Å². The highest BCUT2D eigenvalue weighted by atomic mass is 14.6. The molecule has 3 aromatic heterocycles. The Morgan fingerprint density at radius 3 is 0.458 bits per heavy atom. The lowest BCUT2D eigenvalue weighted by atomic mass is 10.3. The average Bonchev–Trinajstić information content (AvgIpc) is 3.80. The molecule has 0 amide bonds. The van der Waals surface area contributed by atoms with Crippen LogP contribution in [0.15, 0.2) is 140 Å². The van der Waals surface area contributed by atoms with Crippen LogP contribution < -0.4 is 0 Å². The van der Waals surface area contributed by atoms with E-state index in [9.17, 15) is 0 Å². The largest absolute Gasteiger partial charge is 0.265 e. The summed E-state index contributed by atoms with van der Waals surface area (Å²) in [4.78, 5) is 11.4. The molecule has 0 radical (unpaired) electrons. The van der Waals surface area contributed by atoms with Gasteiger partial charge in [0.2, 0.25) is 0 Å². The van der Waals surface area contributed by atoms with Crippen LogP contribution in [0, 0.1) is 29.6 Å².